The van der Waals surface area contributed by atoms with Gasteiger partial charge in [0.1, 0.15) is 11.0 Å². The molecule has 1 atom stereocenters. The summed E-state index contributed by atoms with van der Waals surface area (Å²) in [7, 11) is 3.81. The molecular formula is C16H21N5O2S. The summed E-state index contributed by atoms with van der Waals surface area (Å²) in [6, 6.07) is 0. The molecule has 1 aliphatic rings. The van der Waals surface area contributed by atoms with Crippen LogP contribution in [-0.4, -0.2) is 59.0 Å². The van der Waals surface area contributed by atoms with Crippen molar-refractivity contribution < 1.29 is 9.53 Å². The third kappa shape index (κ3) is 3.48. The third-order valence-corrected chi connectivity index (χ3v) is 4.87. The van der Waals surface area contributed by atoms with E-state index in [-0.39, 0.29) is 12.0 Å². The van der Waals surface area contributed by atoms with Gasteiger partial charge in [0, 0.05) is 33.0 Å². The lowest BCUT2D eigenvalue weighted by Crippen LogP contribution is -2.44. The van der Waals surface area contributed by atoms with Crippen molar-refractivity contribution in [1.29, 1.82) is 0 Å². The molecule has 1 saturated heterocycles. The van der Waals surface area contributed by atoms with Gasteiger partial charge in [-0.1, -0.05) is 0 Å². The van der Waals surface area contributed by atoms with Gasteiger partial charge in [-0.05, 0) is 19.8 Å². The zero-order valence-corrected chi connectivity index (χ0v) is 14.9. The van der Waals surface area contributed by atoms with Crippen LogP contribution < -0.4 is 9.64 Å². The van der Waals surface area contributed by atoms with Crippen LogP contribution in [0.1, 0.15) is 28.2 Å². The first-order chi connectivity index (χ1) is 11.6. The first-order valence-electron chi connectivity index (χ1n) is 7.90. The summed E-state index contributed by atoms with van der Waals surface area (Å²) in [6.45, 7) is 3.17. The molecule has 2 aromatic heterocycles. The number of rotatable bonds is 4. The Morgan fingerprint density at radius 3 is 2.83 bits per heavy atom. The first kappa shape index (κ1) is 16.6. The van der Waals surface area contributed by atoms with E-state index in [1.807, 2.05) is 30.8 Å². The highest BCUT2D eigenvalue weighted by Crippen LogP contribution is 2.25. The predicted molar refractivity (Wildman–Crippen MR) is 92.8 cm³/mol. The molecule has 7 nitrogen and oxygen atoms in total. The Morgan fingerprint density at radius 2 is 2.12 bits per heavy atom. The number of amides is 1. The minimum Gasteiger partial charge on any atom is -0.470 e. The molecule has 3 rings (SSSR count). The van der Waals surface area contributed by atoms with Gasteiger partial charge in [0.15, 0.2) is 5.82 Å². The van der Waals surface area contributed by atoms with Crippen LogP contribution >= 0.6 is 11.3 Å². The normalized spacial score (nSPS) is 17.6. The molecule has 8 heteroatoms. The summed E-state index contributed by atoms with van der Waals surface area (Å²) >= 11 is 1.39. The van der Waals surface area contributed by atoms with Gasteiger partial charge >= 0.3 is 0 Å². The second-order valence-corrected chi connectivity index (χ2v) is 6.83. The van der Waals surface area contributed by atoms with E-state index in [1.54, 1.807) is 17.9 Å². The van der Waals surface area contributed by atoms with Crippen LogP contribution in [-0.2, 0) is 0 Å². The van der Waals surface area contributed by atoms with Crippen LogP contribution in [0.2, 0.25) is 0 Å². The number of aromatic nitrogens is 3. The van der Waals surface area contributed by atoms with E-state index >= 15 is 0 Å². The molecule has 0 bridgehead atoms. The molecule has 128 valence electrons. The Balaban J connectivity index is 1.70. The summed E-state index contributed by atoms with van der Waals surface area (Å²) in [6.07, 6.45) is 4.99. The number of thiazole rings is 1. The second-order valence-electron chi connectivity index (χ2n) is 5.98. The molecule has 24 heavy (non-hydrogen) atoms. The van der Waals surface area contributed by atoms with Crippen LogP contribution in [0, 0.1) is 6.92 Å². The molecule has 2 aromatic rings. The standard InChI is InChI=1S/C16H21N5O2S/c1-11-13(24-10-19-11)16(22)21-8-4-5-12(9-21)23-15-14(20(2)3)17-6-7-18-15/h6-7,10,12H,4-5,8-9H2,1-3H3/t12-/m0/s1. The van der Waals surface area contributed by atoms with Crippen LogP contribution in [0.5, 0.6) is 5.88 Å². The van der Waals surface area contributed by atoms with Crippen molar-refractivity contribution in [1.82, 2.24) is 19.9 Å². The number of nitrogens with zero attached hydrogens (tertiary/aromatic N) is 5. The van der Waals surface area contributed by atoms with E-state index in [0.29, 0.717) is 23.1 Å². The third-order valence-electron chi connectivity index (χ3n) is 3.95. The molecule has 0 radical (unpaired) electrons. The maximum absolute atomic E-state index is 12.7. The van der Waals surface area contributed by atoms with E-state index in [0.717, 1.165) is 25.1 Å². The predicted octanol–water partition coefficient (Wildman–Crippen LogP) is 1.99. The number of hydrogen-bond donors (Lipinski definition) is 0. The van der Waals surface area contributed by atoms with Gasteiger partial charge in [-0.3, -0.25) is 4.79 Å². The number of likely N-dealkylation sites (tertiary alicyclic amines) is 1. The number of anilines is 1. The summed E-state index contributed by atoms with van der Waals surface area (Å²) < 4.78 is 6.05. The van der Waals surface area contributed by atoms with Gasteiger partial charge in [-0.15, -0.1) is 11.3 Å². The number of carbonyl (C=O) groups is 1. The van der Waals surface area contributed by atoms with Gasteiger partial charge in [0.2, 0.25) is 0 Å². The fraction of sp³-hybridized carbons (Fsp3) is 0.500. The number of hydrogen-bond acceptors (Lipinski definition) is 7. The molecule has 0 unspecified atom stereocenters. The molecule has 0 saturated carbocycles. The van der Waals surface area contributed by atoms with Crippen molar-refractivity contribution in [2.24, 2.45) is 0 Å². The summed E-state index contributed by atoms with van der Waals surface area (Å²) in [4.78, 5) is 29.8. The molecule has 3 heterocycles. The highest BCUT2D eigenvalue weighted by Gasteiger charge is 2.28. The van der Waals surface area contributed by atoms with E-state index in [2.05, 4.69) is 15.0 Å². The highest BCUT2D eigenvalue weighted by molar-refractivity contribution is 7.11. The molecule has 0 spiro atoms. The fourth-order valence-electron chi connectivity index (χ4n) is 2.74. The van der Waals surface area contributed by atoms with Crippen molar-refractivity contribution in [3.05, 3.63) is 28.5 Å². The summed E-state index contributed by atoms with van der Waals surface area (Å²) in [5.74, 6) is 1.24. The van der Waals surface area contributed by atoms with Crippen molar-refractivity contribution in [3.8, 4) is 5.88 Å². The molecule has 0 aliphatic carbocycles. The van der Waals surface area contributed by atoms with Gasteiger partial charge in [0.25, 0.3) is 11.8 Å². The van der Waals surface area contributed by atoms with Crippen molar-refractivity contribution >= 4 is 23.1 Å². The van der Waals surface area contributed by atoms with Crippen LogP contribution in [0.4, 0.5) is 5.82 Å². The molecule has 1 amide bonds. The average molecular weight is 347 g/mol. The lowest BCUT2D eigenvalue weighted by molar-refractivity contribution is 0.0531. The number of aryl methyl sites for hydroxylation is 1. The largest absolute Gasteiger partial charge is 0.470 e. The van der Waals surface area contributed by atoms with Crippen molar-refractivity contribution in [2.75, 3.05) is 32.1 Å². The first-order valence-corrected chi connectivity index (χ1v) is 8.78. The van der Waals surface area contributed by atoms with E-state index in [4.69, 9.17) is 4.74 Å². The zero-order chi connectivity index (χ0) is 17.1. The number of ether oxygens (including phenoxy) is 1. The lowest BCUT2D eigenvalue weighted by atomic mass is 10.1. The van der Waals surface area contributed by atoms with E-state index in [9.17, 15) is 4.79 Å². The molecular weight excluding hydrogens is 326 g/mol. The summed E-state index contributed by atoms with van der Waals surface area (Å²) in [5.41, 5.74) is 2.50. The monoisotopic (exact) mass is 347 g/mol. The van der Waals surface area contributed by atoms with E-state index in [1.165, 1.54) is 11.3 Å². The Hall–Kier alpha value is -2.22. The van der Waals surface area contributed by atoms with Crippen LogP contribution in [0.15, 0.2) is 17.9 Å². The zero-order valence-electron chi connectivity index (χ0n) is 14.1. The Bertz CT molecular complexity index is 718. The van der Waals surface area contributed by atoms with Gasteiger partial charge in [-0.25, -0.2) is 15.0 Å². The molecule has 1 aliphatic heterocycles. The van der Waals surface area contributed by atoms with Gasteiger partial charge in [0.05, 0.1) is 17.7 Å². The molecule has 0 aromatic carbocycles. The smallest absolute Gasteiger partial charge is 0.265 e. The topological polar surface area (TPSA) is 71.5 Å². The Kier molecular flexibility index (Phi) is 4.94. The van der Waals surface area contributed by atoms with Crippen LogP contribution in [0.3, 0.4) is 0 Å². The maximum atomic E-state index is 12.7. The van der Waals surface area contributed by atoms with Crippen molar-refractivity contribution in [3.63, 3.8) is 0 Å². The minimum absolute atomic E-state index is 0.0373. The fourth-order valence-corrected chi connectivity index (χ4v) is 3.50. The summed E-state index contributed by atoms with van der Waals surface area (Å²) in [5, 5.41) is 0. The van der Waals surface area contributed by atoms with Crippen molar-refractivity contribution in [2.45, 2.75) is 25.9 Å². The second kappa shape index (κ2) is 7.12. The van der Waals surface area contributed by atoms with Gasteiger partial charge in [-0.2, -0.15) is 0 Å². The minimum atomic E-state index is -0.0775. The SMILES string of the molecule is Cc1ncsc1C(=O)N1CCC[C@H](Oc2nccnc2N(C)C)C1. The number of piperidine rings is 1. The van der Waals surface area contributed by atoms with Crippen LogP contribution in [0.25, 0.3) is 0 Å². The number of carbonyl (C=O) groups excluding carboxylic acids is 1. The Labute approximate surface area is 145 Å². The highest BCUT2D eigenvalue weighted by atomic mass is 32.1. The molecule has 0 N–H and O–H groups in total. The maximum Gasteiger partial charge on any atom is 0.265 e. The quantitative estimate of drug-likeness (QED) is 0.842. The Morgan fingerprint density at radius 1 is 1.33 bits per heavy atom. The van der Waals surface area contributed by atoms with E-state index < -0.39 is 0 Å². The molecule has 1 fully saturated rings. The average Bonchev–Trinajstić information content (AvgIpc) is 3.01. The van der Waals surface area contributed by atoms with Gasteiger partial charge < -0.3 is 14.5 Å². The lowest BCUT2D eigenvalue weighted by Gasteiger charge is -2.32.